The predicted molar refractivity (Wildman–Crippen MR) is 78.9 cm³/mol. The molecule has 1 aliphatic heterocycles. The topological polar surface area (TPSA) is 70.6 Å². The Morgan fingerprint density at radius 1 is 1.38 bits per heavy atom. The van der Waals surface area contributed by atoms with E-state index in [-0.39, 0.29) is 0 Å². The Balaban J connectivity index is 1.80. The van der Waals surface area contributed by atoms with E-state index in [0.717, 1.165) is 43.1 Å². The van der Waals surface area contributed by atoms with Gasteiger partial charge in [-0.1, -0.05) is 5.21 Å². The Bertz CT molecular complexity index is 684. The van der Waals surface area contributed by atoms with Gasteiger partial charge in [0.05, 0.1) is 17.0 Å². The zero-order chi connectivity index (χ0) is 14.8. The summed E-state index contributed by atoms with van der Waals surface area (Å²) in [5, 5.41) is 17.2. The van der Waals surface area contributed by atoms with Crippen molar-refractivity contribution in [2.45, 2.75) is 25.7 Å². The molecule has 0 radical (unpaired) electrons. The molecule has 0 N–H and O–H groups in total. The Hall–Kier alpha value is -2.42. The molecule has 2 aromatic heterocycles. The molecule has 1 atom stereocenters. The number of rotatable bonds is 2. The lowest BCUT2D eigenvalue weighted by Crippen LogP contribution is -2.35. The number of nitriles is 1. The molecule has 1 aliphatic rings. The maximum absolute atomic E-state index is 8.99. The lowest BCUT2D eigenvalue weighted by atomic mass is 9.95. The largest absolute Gasteiger partial charge is 0.356 e. The molecule has 0 aliphatic carbocycles. The summed E-state index contributed by atoms with van der Waals surface area (Å²) in [7, 11) is 1.89. The summed E-state index contributed by atoms with van der Waals surface area (Å²) in [6.45, 7) is 3.78. The van der Waals surface area contributed by atoms with Crippen molar-refractivity contribution >= 4 is 5.82 Å². The van der Waals surface area contributed by atoms with Crippen LogP contribution in [0.25, 0.3) is 0 Å². The summed E-state index contributed by atoms with van der Waals surface area (Å²) in [6.07, 6.45) is 4.23. The first-order valence-electron chi connectivity index (χ1n) is 7.16. The van der Waals surface area contributed by atoms with Crippen LogP contribution < -0.4 is 4.90 Å². The molecule has 21 heavy (non-hydrogen) atoms. The first-order valence-corrected chi connectivity index (χ1v) is 7.16. The van der Waals surface area contributed by atoms with Crippen molar-refractivity contribution in [2.75, 3.05) is 18.0 Å². The maximum Gasteiger partial charge on any atom is 0.128 e. The van der Waals surface area contributed by atoms with Crippen LogP contribution in [0.2, 0.25) is 0 Å². The van der Waals surface area contributed by atoms with Gasteiger partial charge < -0.3 is 4.90 Å². The van der Waals surface area contributed by atoms with Gasteiger partial charge in [0.15, 0.2) is 0 Å². The van der Waals surface area contributed by atoms with Crippen LogP contribution in [0.5, 0.6) is 0 Å². The van der Waals surface area contributed by atoms with Crippen LogP contribution in [0.15, 0.2) is 18.3 Å². The second kappa shape index (κ2) is 5.52. The van der Waals surface area contributed by atoms with E-state index >= 15 is 0 Å². The molecular weight excluding hydrogens is 264 g/mol. The van der Waals surface area contributed by atoms with Gasteiger partial charge in [-0.2, -0.15) is 5.26 Å². The Morgan fingerprint density at radius 2 is 2.24 bits per heavy atom. The third-order valence-electron chi connectivity index (χ3n) is 3.98. The van der Waals surface area contributed by atoms with Gasteiger partial charge in [-0.25, -0.2) is 4.98 Å². The summed E-state index contributed by atoms with van der Waals surface area (Å²) >= 11 is 0. The molecule has 3 rings (SSSR count). The number of piperidine rings is 1. The van der Waals surface area contributed by atoms with Crippen LogP contribution in [0.3, 0.4) is 0 Å². The summed E-state index contributed by atoms with van der Waals surface area (Å²) in [6, 6.07) is 5.95. The number of aryl methyl sites for hydroxylation is 2. The number of anilines is 1. The number of pyridine rings is 1. The van der Waals surface area contributed by atoms with Crippen molar-refractivity contribution in [1.82, 2.24) is 20.0 Å². The molecule has 6 heteroatoms. The smallest absolute Gasteiger partial charge is 0.128 e. The van der Waals surface area contributed by atoms with Gasteiger partial charge in [-0.3, -0.25) is 4.68 Å². The van der Waals surface area contributed by atoms with Crippen molar-refractivity contribution in [1.29, 1.82) is 5.26 Å². The quantitative estimate of drug-likeness (QED) is 0.839. The normalized spacial score (nSPS) is 18.5. The lowest BCUT2D eigenvalue weighted by Gasteiger charge is -2.32. The highest BCUT2D eigenvalue weighted by Crippen LogP contribution is 2.28. The molecule has 6 nitrogen and oxygen atoms in total. The van der Waals surface area contributed by atoms with Crippen molar-refractivity contribution in [3.05, 3.63) is 35.3 Å². The highest BCUT2D eigenvalue weighted by molar-refractivity contribution is 5.45. The maximum atomic E-state index is 8.99. The first-order chi connectivity index (χ1) is 10.2. The van der Waals surface area contributed by atoms with E-state index in [4.69, 9.17) is 5.26 Å². The fourth-order valence-corrected chi connectivity index (χ4v) is 2.82. The molecule has 0 saturated carbocycles. The third kappa shape index (κ3) is 2.72. The second-order valence-electron chi connectivity index (χ2n) is 5.52. The number of hydrogen-bond donors (Lipinski definition) is 0. The molecular formula is C15H18N6. The molecule has 0 bridgehead atoms. The number of nitrogens with zero attached hydrogens (tertiary/aromatic N) is 6. The summed E-state index contributed by atoms with van der Waals surface area (Å²) in [4.78, 5) is 6.84. The van der Waals surface area contributed by atoms with Crippen LogP contribution in [-0.2, 0) is 7.05 Å². The monoisotopic (exact) mass is 282 g/mol. The van der Waals surface area contributed by atoms with Crippen molar-refractivity contribution in [3.8, 4) is 6.07 Å². The van der Waals surface area contributed by atoms with Crippen LogP contribution in [0.4, 0.5) is 5.82 Å². The molecule has 108 valence electrons. The molecule has 1 unspecified atom stereocenters. The summed E-state index contributed by atoms with van der Waals surface area (Å²) in [5.41, 5.74) is 2.48. The molecule has 2 aromatic rings. The molecule has 1 saturated heterocycles. The third-order valence-corrected chi connectivity index (χ3v) is 3.98. The fraction of sp³-hybridized carbons (Fsp3) is 0.467. The number of hydrogen-bond acceptors (Lipinski definition) is 5. The van der Waals surface area contributed by atoms with Crippen LogP contribution >= 0.6 is 0 Å². The highest BCUT2D eigenvalue weighted by atomic mass is 15.4. The van der Waals surface area contributed by atoms with Crippen molar-refractivity contribution in [3.63, 3.8) is 0 Å². The first kappa shape index (κ1) is 13.6. The Kier molecular flexibility index (Phi) is 3.57. The Morgan fingerprint density at radius 3 is 2.90 bits per heavy atom. The standard InChI is InChI=1S/C15H18N6/c1-11-12(8-16)5-6-15(17-11)21-7-3-4-13(9-21)14-10-20(2)19-18-14/h5-6,10,13H,3-4,7,9H2,1-2H3. The van der Waals surface area contributed by atoms with Crippen molar-refractivity contribution in [2.24, 2.45) is 7.05 Å². The minimum Gasteiger partial charge on any atom is -0.356 e. The van der Waals surface area contributed by atoms with Crippen molar-refractivity contribution < 1.29 is 0 Å². The molecule has 1 fully saturated rings. The molecule has 0 amide bonds. The zero-order valence-electron chi connectivity index (χ0n) is 12.3. The molecule has 0 aromatic carbocycles. The van der Waals surface area contributed by atoms with Gasteiger partial charge in [0.2, 0.25) is 0 Å². The van der Waals surface area contributed by atoms with Crippen LogP contribution in [-0.4, -0.2) is 33.1 Å². The molecule has 0 spiro atoms. The number of aromatic nitrogens is 4. The van der Waals surface area contributed by atoms with E-state index < -0.39 is 0 Å². The SMILES string of the molecule is Cc1nc(N2CCCC(c3cn(C)nn3)C2)ccc1C#N. The van der Waals surface area contributed by atoms with E-state index in [0.29, 0.717) is 11.5 Å². The highest BCUT2D eigenvalue weighted by Gasteiger charge is 2.24. The van der Waals surface area contributed by atoms with E-state index in [1.807, 2.05) is 32.3 Å². The average molecular weight is 282 g/mol. The van der Waals surface area contributed by atoms with E-state index in [9.17, 15) is 0 Å². The second-order valence-corrected chi connectivity index (χ2v) is 5.52. The predicted octanol–water partition coefficient (Wildman–Crippen LogP) is 1.77. The summed E-state index contributed by atoms with van der Waals surface area (Å²) < 4.78 is 1.75. The van der Waals surface area contributed by atoms with Gasteiger partial charge in [-0.05, 0) is 31.9 Å². The van der Waals surface area contributed by atoms with Crippen LogP contribution in [0.1, 0.15) is 35.7 Å². The average Bonchev–Trinajstić information content (AvgIpc) is 2.94. The minimum absolute atomic E-state index is 0.394. The van der Waals surface area contributed by atoms with Gasteiger partial charge in [0, 0.05) is 32.3 Å². The Labute approximate surface area is 124 Å². The minimum atomic E-state index is 0.394. The van der Waals surface area contributed by atoms with E-state index in [1.54, 1.807) is 4.68 Å². The summed E-state index contributed by atoms with van der Waals surface area (Å²) in [5.74, 6) is 1.34. The van der Waals surface area contributed by atoms with Crippen LogP contribution in [0, 0.1) is 18.3 Å². The fourth-order valence-electron chi connectivity index (χ4n) is 2.82. The van der Waals surface area contributed by atoms with Gasteiger partial charge in [0.25, 0.3) is 0 Å². The zero-order valence-corrected chi connectivity index (χ0v) is 12.3. The lowest BCUT2D eigenvalue weighted by molar-refractivity contribution is 0.498. The van der Waals surface area contributed by atoms with Gasteiger partial charge in [0.1, 0.15) is 11.9 Å². The molecule has 3 heterocycles. The van der Waals surface area contributed by atoms with Gasteiger partial charge >= 0.3 is 0 Å². The van der Waals surface area contributed by atoms with Gasteiger partial charge in [-0.15, -0.1) is 5.10 Å². The van der Waals surface area contributed by atoms with E-state index in [1.165, 1.54) is 0 Å². The van der Waals surface area contributed by atoms with E-state index in [2.05, 4.69) is 26.3 Å².